The molecule has 3 rings (SSSR count). The van der Waals surface area contributed by atoms with E-state index in [1.807, 2.05) is 12.1 Å². The van der Waals surface area contributed by atoms with Crippen molar-refractivity contribution in [2.45, 2.75) is 6.92 Å². The molecule has 1 amide bonds. The molecule has 0 bridgehead atoms. The third-order valence-electron chi connectivity index (χ3n) is 3.75. The predicted octanol–water partition coefficient (Wildman–Crippen LogP) is 4.49. The van der Waals surface area contributed by atoms with Crippen molar-refractivity contribution in [3.63, 3.8) is 0 Å². The fourth-order valence-electron chi connectivity index (χ4n) is 2.41. The number of esters is 1. The van der Waals surface area contributed by atoms with Crippen LogP contribution >= 0.6 is 22.6 Å². The molecular formula is C21H17IN2O4. The van der Waals surface area contributed by atoms with Crippen LogP contribution in [0.4, 0.5) is 0 Å². The number of nitrogens with zero attached hydrogens (tertiary/aromatic N) is 1. The van der Waals surface area contributed by atoms with Gasteiger partial charge in [-0.3, -0.25) is 4.79 Å². The molecule has 2 aromatic carbocycles. The van der Waals surface area contributed by atoms with E-state index < -0.39 is 0 Å². The minimum atomic E-state index is -0.356. The molecule has 0 fully saturated rings. The highest BCUT2D eigenvalue weighted by molar-refractivity contribution is 14.1. The Labute approximate surface area is 175 Å². The lowest BCUT2D eigenvalue weighted by Crippen LogP contribution is -2.17. The van der Waals surface area contributed by atoms with Gasteiger partial charge in [0.05, 0.1) is 18.4 Å². The summed E-state index contributed by atoms with van der Waals surface area (Å²) in [5, 5.41) is 3.93. The molecule has 0 unspecified atom stereocenters. The van der Waals surface area contributed by atoms with E-state index in [0.29, 0.717) is 29.3 Å². The van der Waals surface area contributed by atoms with Gasteiger partial charge in [0.25, 0.3) is 5.91 Å². The first kappa shape index (κ1) is 19.8. The van der Waals surface area contributed by atoms with Crippen LogP contribution in [0.3, 0.4) is 0 Å². The van der Waals surface area contributed by atoms with Gasteiger partial charge < -0.3 is 9.15 Å². The Morgan fingerprint density at radius 1 is 1.11 bits per heavy atom. The van der Waals surface area contributed by atoms with Gasteiger partial charge in [0.1, 0.15) is 11.5 Å². The molecule has 28 heavy (non-hydrogen) atoms. The lowest BCUT2D eigenvalue weighted by molar-refractivity contribution is 0.0526. The van der Waals surface area contributed by atoms with E-state index in [1.54, 1.807) is 55.5 Å². The summed E-state index contributed by atoms with van der Waals surface area (Å²) < 4.78 is 11.6. The van der Waals surface area contributed by atoms with Gasteiger partial charge in [0, 0.05) is 14.7 Å². The van der Waals surface area contributed by atoms with Crippen LogP contribution in [0.1, 0.15) is 33.4 Å². The van der Waals surface area contributed by atoms with Gasteiger partial charge in [-0.1, -0.05) is 18.2 Å². The Hall–Kier alpha value is -2.94. The molecular weight excluding hydrogens is 471 g/mol. The molecule has 1 heterocycles. The average Bonchev–Trinajstić information content (AvgIpc) is 3.17. The summed E-state index contributed by atoms with van der Waals surface area (Å²) >= 11 is 2.14. The average molecular weight is 488 g/mol. The zero-order valence-electron chi connectivity index (χ0n) is 15.0. The number of benzene rings is 2. The van der Waals surface area contributed by atoms with Crippen LogP contribution in [0, 0.1) is 3.57 Å². The van der Waals surface area contributed by atoms with Gasteiger partial charge in [-0.25, -0.2) is 10.2 Å². The second-order valence-corrected chi connectivity index (χ2v) is 6.95. The van der Waals surface area contributed by atoms with E-state index in [-0.39, 0.29) is 11.9 Å². The molecule has 142 valence electrons. The van der Waals surface area contributed by atoms with Crippen molar-refractivity contribution in [2.75, 3.05) is 6.61 Å². The van der Waals surface area contributed by atoms with Gasteiger partial charge in [0.2, 0.25) is 0 Å². The summed E-state index contributed by atoms with van der Waals surface area (Å²) in [6, 6.07) is 17.7. The lowest BCUT2D eigenvalue weighted by Gasteiger charge is -2.02. The zero-order valence-corrected chi connectivity index (χ0v) is 17.2. The fraction of sp³-hybridized carbons (Fsp3) is 0.0952. The largest absolute Gasteiger partial charge is 0.462 e. The number of ether oxygens (including phenoxy) is 1. The van der Waals surface area contributed by atoms with Crippen LogP contribution in [-0.2, 0) is 4.74 Å². The monoisotopic (exact) mass is 488 g/mol. The van der Waals surface area contributed by atoms with Crippen molar-refractivity contribution in [3.8, 4) is 11.3 Å². The van der Waals surface area contributed by atoms with Crippen molar-refractivity contribution in [1.82, 2.24) is 5.43 Å². The standard InChI is InChI=1S/C21H17IN2O4/c1-2-27-21(26)15-8-6-14(7-9-15)19-11-10-18(28-19)13-23-24-20(25)16-4-3-5-17(22)12-16/h3-13H,2H2,1H3,(H,24,25). The Bertz CT molecular complexity index is 1010. The first-order valence-electron chi connectivity index (χ1n) is 8.53. The molecule has 0 radical (unpaired) electrons. The van der Waals surface area contributed by atoms with Crippen molar-refractivity contribution >= 4 is 40.7 Å². The van der Waals surface area contributed by atoms with Crippen molar-refractivity contribution < 1.29 is 18.7 Å². The van der Waals surface area contributed by atoms with E-state index in [1.165, 1.54) is 6.21 Å². The number of furan rings is 1. The molecule has 0 saturated heterocycles. The number of carbonyl (C=O) groups is 2. The van der Waals surface area contributed by atoms with Gasteiger partial charge in [0.15, 0.2) is 0 Å². The highest BCUT2D eigenvalue weighted by atomic mass is 127. The molecule has 3 aromatic rings. The Kier molecular flexibility index (Phi) is 6.59. The minimum absolute atomic E-state index is 0.295. The number of hydrogen-bond acceptors (Lipinski definition) is 5. The Balaban J connectivity index is 1.63. The molecule has 0 spiro atoms. The van der Waals surface area contributed by atoms with Crippen molar-refractivity contribution in [3.05, 3.63) is 81.1 Å². The van der Waals surface area contributed by atoms with Crippen LogP contribution in [0.25, 0.3) is 11.3 Å². The summed E-state index contributed by atoms with van der Waals surface area (Å²) in [6.45, 7) is 2.10. The van der Waals surface area contributed by atoms with Crippen molar-refractivity contribution in [2.24, 2.45) is 5.10 Å². The van der Waals surface area contributed by atoms with Crippen LogP contribution in [0.2, 0.25) is 0 Å². The highest BCUT2D eigenvalue weighted by Crippen LogP contribution is 2.22. The summed E-state index contributed by atoms with van der Waals surface area (Å²) in [6.07, 6.45) is 1.43. The quantitative estimate of drug-likeness (QED) is 0.240. The molecule has 7 heteroatoms. The molecule has 0 aliphatic rings. The zero-order chi connectivity index (χ0) is 19.9. The minimum Gasteiger partial charge on any atom is -0.462 e. The first-order valence-corrected chi connectivity index (χ1v) is 9.61. The molecule has 1 N–H and O–H groups in total. The van der Waals surface area contributed by atoms with Crippen LogP contribution in [-0.4, -0.2) is 24.7 Å². The smallest absolute Gasteiger partial charge is 0.338 e. The van der Waals surface area contributed by atoms with Crippen LogP contribution < -0.4 is 5.43 Å². The number of halogens is 1. The van der Waals surface area contributed by atoms with E-state index in [9.17, 15) is 9.59 Å². The maximum Gasteiger partial charge on any atom is 0.338 e. The second kappa shape index (κ2) is 9.32. The molecule has 0 atom stereocenters. The SMILES string of the molecule is CCOC(=O)c1ccc(-c2ccc(C=NNC(=O)c3cccc(I)c3)o2)cc1. The van der Waals surface area contributed by atoms with Crippen LogP contribution in [0.5, 0.6) is 0 Å². The van der Waals surface area contributed by atoms with E-state index in [2.05, 4.69) is 33.1 Å². The van der Waals surface area contributed by atoms with Gasteiger partial charge in [-0.15, -0.1) is 0 Å². The van der Waals surface area contributed by atoms with Gasteiger partial charge >= 0.3 is 5.97 Å². The third-order valence-corrected chi connectivity index (χ3v) is 4.42. The Morgan fingerprint density at radius 2 is 1.89 bits per heavy atom. The molecule has 0 saturated carbocycles. The maximum absolute atomic E-state index is 12.1. The number of amides is 1. The number of hydrogen-bond donors (Lipinski definition) is 1. The Morgan fingerprint density at radius 3 is 2.61 bits per heavy atom. The molecule has 6 nitrogen and oxygen atoms in total. The highest BCUT2D eigenvalue weighted by Gasteiger charge is 2.09. The van der Waals surface area contributed by atoms with E-state index in [4.69, 9.17) is 9.15 Å². The summed E-state index contributed by atoms with van der Waals surface area (Å²) in [4.78, 5) is 23.7. The molecule has 0 aliphatic carbocycles. The van der Waals surface area contributed by atoms with Gasteiger partial charge in [-0.05, 0) is 72.0 Å². The first-order chi connectivity index (χ1) is 13.6. The fourth-order valence-corrected chi connectivity index (χ4v) is 2.95. The molecule has 1 aromatic heterocycles. The second-order valence-electron chi connectivity index (χ2n) is 5.71. The maximum atomic E-state index is 12.1. The summed E-state index contributed by atoms with van der Waals surface area (Å²) in [5.41, 5.74) is 4.30. The number of nitrogens with one attached hydrogen (secondary N) is 1. The van der Waals surface area contributed by atoms with Crippen molar-refractivity contribution in [1.29, 1.82) is 0 Å². The number of rotatable bonds is 6. The lowest BCUT2D eigenvalue weighted by atomic mass is 10.1. The van der Waals surface area contributed by atoms with Crippen LogP contribution in [0.15, 0.2) is 70.2 Å². The molecule has 0 aliphatic heterocycles. The van der Waals surface area contributed by atoms with E-state index in [0.717, 1.165) is 9.13 Å². The topological polar surface area (TPSA) is 80.9 Å². The predicted molar refractivity (Wildman–Crippen MR) is 114 cm³/mol. The third kappa shape index (κ3) is 5.07. The number of hydrazone groups is 1. The summed E-state index contributed by atoms with van der Waals surface area (Å²) in [7, 11) is 0. The van der Waals surface area contributed by atoms with Gasteiger partial charge in [-0.2, -0.15) is 5.10 Å². The summed E-state index contributed by atoms with van der Waals surface area (Å²) in [5.74, 6) is 0.467. The normalized spacial score (nSPS) is 10.8. The van der Waals surface area contributed by atoms with E-state index >= 15 is 0 Å². The number of carbonyl (C=O) groups excluding carboxylic acids is 2.